The van der Waals surface area contributed by atoms with E-state index in [4.69, 9.17) is 10.5 Å². The standard InChI is InChI=1S/C11H12BrN3O/c12-10-3-1-2-4-11(10)16-6-5-15-8-9(13)7-14-15/h1-4,7-8H,5-6,13H2. The molecule has 1 heterocycles. The van der Waals surface area contributed by atoms with Crippen LogP contribution in [-0.4, -0.2) is 16.4 Å². The number of halogens is 1. The molecule has 0 spiro atoms. The van der Waals surface area contributed by atoms with Gasteiger partial charge in [0.2, 0.25) is 0 Å². The molecule has 84 valence electrons. The molecule has 4 nitrogen and oxygen atoms in total. The molecule has 2 rings (SSSR count). The fraction of sp³-hybridized carbons (Fsp3) is 0.182. The van der Waals surface area contributed by atoms with Gasteiger partial charge >= 0.3 is 0 Å². The topological polar surface area (TPSA) is 53.1 Å². The Morgan fingerprint density at radius 1 is 1.38 bits per heavy atom. The number of hydrogen-bond acceptors (Lipinski definition) is 3. The molecule has 0 bridgehead atoms. The van der Waals surface area contributed by atoms with Crippen LogP contribution in [-0.2, 0) is 6.54 Å². The smallest absolute Gasteiger partial charge is 0.133 e. The van der Waals surface area contributed by atoms with Crippen molar-refractivity contribution < 1.29 is 4.74 Å². The highest BCUT2D eigenvalue weighted by Gasteiger charge is 1.99. The Bertz CT molecular complexity index is 470. The van der Waals surface area contributed by atoms with Gasteiger partial charge in [-0.05, 0) is 28.1 Å². The monoisotopic (exact) mass is 281 g/mol. The molecule has 0 aliphatic carbocycles. The van der Waals surface area contributed by atoms with E-state index in [9.17, 15) is 0 Å². The predicted molar refractivity (Wildman–Crippen MR) is 66.3 cm³/mol. The average Bonchev–Trinajstić information content (AvgIpc) is 2.67. The fourth-order valence-electron chi connectivity index (χ4n) is 1.31. The number of aromatic nitrogens is 2. The quantitative estimate of drug-likeness (QED) is 0.936. The minimum atomic E-state index is 0.559. The van der Waals surface area contributed by atoms with Crippen LogP contribution in [0, 0.1) is 0 Å². The summed E-state index contributed by atoms with van der Waals surface area (Å²) in [5.74, 6) is 0.836. The molecule has 5 heteroatoms. The third-order valence-corrected chi connectivity index (χ3v) is 2.72. The van der Waals surface area contributed by atoms with Gasteiger partial charge in [-0.15, -0.1) is 0 Å². The summed E-state index contributed by atoms with van der Waals surface area (Å²) in [4.78, 5) is 0. The zero-order valence-corrected chi connectivity index (χ0v) is 10.2. The van der Waals surface area contributed by atoms with Crippen molar-refractivity contribution in [2.75, 3.05) is 12.3 Å². The highest BCUT2D eigenvalue weighted by molar-refractivity contribution is 9.10. The fourth-order valence-corrected chi connectivity index (χ4v) is 1.71. The summed E-state index contributed by atoms with van der Waals surface area (Å²) < 4.78 is 8.31. The molecule has 0 fully saturated rings. The average molecular weight is 282 g/mol. The van der Waals surface area contributed by atoms with Crippen molar-refractivity contribution in [1.82, 2.24) is 9.78 Å². The largest absolute Gasteiger partial charge is 0.490 e. The van der Waals surface area contributed by atoms with E-state index in [1.807, 2.05) is 24.3 Å². The molecule has 2 N–H and O–H groups in total. The zero-order valence-electron chi connectivity index (χ0n) is 8.64. The first-order valence-electron chi connectivity index (χ1n) is 4.91. The third kappa shape index (κ3) is 2.76. The lowest BCUT2D eigenvalue weighted by atomic mass is 10.3. The number of hydrogen-bond donors (Lipinski definition) is 1. The van der Waals surface area contributed by atoms with Gasteiger partial charge in [0.1, 0.15) is 12.4 Å². The van der Waals surface area contributed by atoms with Gasteiger partial charge in [-0.1, -0.05) is 12.1 Å². The molecule has 0 radical (unpaired) electrons. The van der Waals surface area contributed by atoms with Crippen molar-refractivity contribution in [2.24, 2.45) is 0 Å². The van der Waals surface area contributed by atoms with Crippen molar-refractivity contribution in [2.45, 2.75) is 6.54 Å². The van der Waals surface area contributed by atoms with Crippen molar-refractivity contribution >= 4 is 21.6 Å². The summed E-state index contributed by atoms with van der Waals surface area (Å²) in [6, 6.07) is 7.75. The van der Waals surface area contributed by atoms with Gasteiger partial charge in [0.25, 0.3) is 0 Å². The van der Waals surface area contributed by atoms with Crippen molar-refractivity contribution in [1.29, 1.82) is 0 Å². The Hall–Kier alpha value is -1.49. The molecule has 0 unspecified atom stereocenters. The number of nitrogens with two attached hydrogens (primary N) is 1. The highest BCUT2D eigenvalue weighted by Crippen LogP contribution is 2.23. The van der Waals surface area contributed by atoms with Crippen molar-refractivity contribution in [3.8, 4) is 5.75 Å². The van der Waals surface area contributed by atoms with E-state index in [-0.39, 0.29) is 0 Å². The molecule has 0 amide bonds. The number of nitrogens with zero attached hydrogens (tertiary/aromatic N) is 2. The summed E-state index contributed by atoms with van der Waals surface area (Å²) in [5, 5.41) is 4.07. The van der Waals surface area contributed by atoms with E-state index in [0.717, 1.165) is 10.2 Å². The van der Waals surface area contributed by atoms with E-state index in [1.165, 1.54) is 0 Å². The van der Waals surface area contributed by atoms with E-state index >= 15 is 0 Å². The molecule has 0 aliphatic heterocycles. The first-order valence-corrected chi connectivity index (χ1v) is 5.70. The van der Waals surface area contributed by atoms with Crippen LogP contribution in [0.4, 0.5) is 5.69 Å². The van der Waals surface area contributed by atoms with E-state index < -0.39 is 0 Å². The maximum absolute atomic E-state index is 5.60. The summed E-state index contributed by atoms with van der Waals surface area (Å²) in [6.45, 7) is 1.24. The normalized spacial score (nSPS) is 10.3. The first kappa shape index (κ1) is 11.0. The molecular formula is C11H12BrN3O. The molecule has 0 atom stereocenters. The lowest BCUT2D eigenvalue weighted by Gasteiger charge is -2.07. The summed E-state index contributed by atoms with van der Waals surface area (Å²) in [6.07, 6.45) is 3.40. The highest BCUT2D eigenvalue weighted by atomic mass is 79.9. The van der Waals surface area contributed by atoms with Crippen LogP contribution >= 0.6 is 15.9 Å². The molecule has 2 aromatic rings. The molecule has 16 heavy (non-hydrogen) atoms. The van der Waals surface area contributed by atoms with Crippen LogP contribution < -0.4 is 10.5 Å². The zero-order chi connectivity index (χ0) is 11.4. The minimum Gasteiger partial charge on any atom is -0.490 e. The van der Waals surface area contributed by atoms with Crippen molar-refractivity contribution in [3.05, 3.63) is 41.1 Å². The van der Waals surface area contributed by atoms with Gasteiger partial charge < -0.3 is 10.5 Å². The number of nitrogen functional groups attached to an aromatic ring is 1. The Balaban J connectivity index is 1.87. The molecule has 0 saturated heterocycles. The number of anilines is 1. The van der Waals surface area contributed by atoms with Crippen LogP contribution in [0.1, 0.15) is 0 Å². The van der Waals surface area contributed by atoms with Crippen LogP contribution in [0.15, 0.2) is 41.1 Å². The molecule has 1 aromatic carbocycles. The SMILES string of the molecule is Nc1cnn(CCOc2ccccc2Br)c1. The molecular weight excluding hydrogens is 270 g/mol. The number of benzene rings is 1. The Kier molecular flexibility index (Phi) is 3.46. The first-order chi connectivity index (χ1) is 7.75. The maximum atomic E-state index is 5.60. The molecule has 0 saturated carbocycles. The van der Waals surface area contributed by atoms with Crippen LogP contribution in [0.5, 0.6) is 5.75 Å². The van der Waals surface area contributed by atoms with Gasteiger partial charge in [-0.3, -0.25) is 4.68 Å². The Labute approximate surface area is 102 Å². The van der Waals surface area contributed by atoms with Gasteiger partial charge in [0, 0.05) is 6.20 Å². The number of para-hydroxylation sites is 1. The van der Waals surface area contributed by atoms with Crippen LogP contribution in [0.2, 0.25) is 0 Å². The van der Waals surface area contributed by atoms with E-state index in [2.05, 4.69) is 21.0 Å². The van der Waals surface area contributed by atoms with Crippen LogP contribution in [0.25, 0.3) is 0 Å². The lowest BCUT2D eigenvalue weighted by molar-refractivity contribution is 0.289. The predicted octanol–water partition coefficient (Wildman–Crippen LogP) is 2.31. The van der Waals surface area contributed by atoms with Gasteiger partial charge in [0.15, 0.2) is 0 Å². The second kappa shape index (κ2) is 5.03. The summed E-state index contributed by atoms with van der Waals surface area (Å²) >= 11 is 3.42. The minimum absolute atomic E-state index is 0.559. The second-order valence-electron chi connectivity index (χ2n) is 3.32. The van der Waals surface area contributed by atoms with Crippen molar-refractivity contribution in [3.63, 3.8) is 0 Å². The summed E-state index contributed by atoms with van der Waals surface area (Å²) in [5.41, 5.74) is 6.22. The third-order valence-electron chi connectivity index (χ3n) is 2.07. The van der Waals surface area contributed by atoms with Gasteiger partial charge in [-0.25, -0.2) is 0 Å². The number of ether oxygens (including phenoxy) is 1. The van der Waals surface area contributed by atoms with Gasteiger partial charge in [-0.2, -0.15) is 5.10 Å². The Morgan fingerprint density at radius 2 is 2.19 bits per heavy atom. The second-order valence-corrected chi connectivity index (χ2v) is 4.17. The summed E-state index contributed by atoms with van der Waals surface area (Å²) in [7, 11) is 0. The maximum Gasteiger partial charge on any atom is 0.133 e. The lowest BCUT2D eigenvalue weighted by Crippen LogP contribution is -2.08. The van der Waals surface area contributed by atoms with E-state index in [1.54, 1.807) is 17.1 Å². The van der Waals surface area contributed by atoms with E-state index in [0.29, 0.717) is 18.8 Å². The van der Waals surface area contributed by atoms with Gasteiger partial charge in [0.05, 0.1) is 22.9 Å². The molecule has 0 aliphatic rings. The molecule has 1 aromatic heterocycles. The number of rotatable bonds is 4. The van der Waals surface area contributed by atoms with Crippen LogP contribution in [0.3, 0.4) is 0 Å². The Morgan fingerprint density at radius 3 is 2.88 bits per heavy atom.